The van der Waals surface area contributed by atoms with Crippen LogP contribution in [0.2, 0.25) is 0 Å². The lowest BCUT2D eigenvalue weighted by Gasteiger charge is -2.36. The van der Waals surface area contributed by atoms with E-state index in [0.717, 1.165) is 18.5 Å². The van der Waals surface area contributed by atoms with E-state index in [2.05, 4.69) is 19.2 Å². The molecule has 1 N–H and O–H groups in total. The molecule has 0 aliphatic heterocycles. The maximum atomic E-state index is 11.0. The predicted molar refractivity (Wildman–Crippen MR) is 79.3 cm³/mol. The molecule has 5 heteroatoms. The van der Waals surface area contributed by atoms with Gasteiger partial charge < -0.3 is 10.1 Å². The summed E-state index contributed by atoms with van der Waals surface area (Å²) in [5.41, 5.74) is 1.14. The van der Waals surface area contributed by atoms with Gasteiger partial charge in [-0.25, -0.2) is 0 Å². The first-order valence-corrected chi connectivity index (χ1v) is 7.00. The standard InChI is InChI=1S/C15H22N2O3/c1-15(2)8-4-5-12(10-15)16-11-6-7-14(20-3)13(9-11)17(18)19/h6-7,9,12,16H,4-5,8,10H2,1-3H3. The van der Waals surface area contributed by atoms with E-state index < -0.39 is 4.92 Å². The summed E-state index contributed by atoms with van der Waals surface area (Å²) in [6.07, 6.45) is 4.65. The van der Waals surface area contributed by atoms with Crippen LogP contribution in [-0.4, -0.2) is 18.1 Å². The zero-order valence-electron chi connectivity index (χ0n) is 12.3. The summed E-state index contributed by atoms with van der Waals surface area (Å²) < 4.78 is 5.02. The molecule has 1 aromatic rings. The first kappa shape index (κ1) is 14.6. The Morgan fingerprint density at radius 3 is 2.80 bits per heavy atom. The minimum Gasteiger partial charge on any atom is -0.490 e. The average molecular weight is 278 g/mol. The van der Waals surface area contributed by atoms with Gasteiger partial charge in [0, 0.05) is 17.8 Å². The molecule has 1 saturated carbocycles. The average Bonchev–Trinajstić information content (AvgIpc) is 2.37. The summed E-state index contributed by atoms with van der Waals surface area (Å²) in [7, 11) is 1.44. The lowest BCUT2D eigenvalue weighted by Crippen LogP contribution is -2.31. The molecule has 0 bridgehead atoms. The third-order valence-electron chi connectivity index (χ3n) is 3.95. The molecule has 1 aliphatic carbocycles. The summed E-state index contributed by atoms with van der Waals surface area (Å²) in [5.74, 6) is 0.296. The molecular weight excluding hydrogens is 256 g/mol. The summed E-state index contributed by atoms with van der Waals surface area (Å²) in [5, 5.41) is 14.4. The van der Waals surface area contributed by atoms with Crippen LogP contribution in [0.3, 0.4) is 0 Å². The molecule has 0 heterocycles. The number of ether oxygens (including phenoxy) is 1. The molecule has 1 aliphatic rings. The first-order chi connectivity index (χ1) is 9.41. The van der Waals surface area contributed by atoms with Gasteiger partial charge in [0.15, 0.2) is 5.75 Å². The van der Waals surface area contributed by atoms with Gasteiger partial charge in [0.1, 0.15) is 0 Å². The molecule has 0 saturated heterocycles. The smallest absolute Gasteiger partial charge is 0.312 e. The van der Waals surface area contributed by atoms with Crippen molar-refractivity contribution in [3.8, 4) is 5.75 Å². The molecule has 1 atom stereocenters. The van der Waals surface area contributed by atoms with Crippen LogP contribution in [0.5, 0.6) is 5.75 Å². The van der Waals surface area contributed by atoms with E-state index in [1.807, 2.05) is 6.07 Å². The van der Waals surface area contributed by atoms with Gasteiger partial charge in [0.05, 0.1) is 12.0 Å². The maximum Gasteiger partial charge on any atom is 0.312 e. The normalized spacial score (nSPS) is 21.2. The summed E-state index contributed by atoms with van der Waals surface area (Å²) in [6.45, 7) is 4.55. The Morgan fingerprint density at radius 1 is 1.45 bits per heavy atom. The number of nitro benzene ring substituents is 1. The van der Waals surface area contributed by atoms with Gasteiger partial charge in [-0.2, -0.15) is 0 Å². The molecule has 1 unspecified atom stereocenters. The van der Waals surface area contributed by atoms with Crippen LogP contribution in [0, 0.1) is 15.5 Å². The Bertz CT molecular complexity index is 500. The van der Waals surface area contributed by atoms with Crippen LogP contribution in [0.15, 0.2) is 18.2 Å². The van der Waals surface area contributed by atoms with Gasteiger partial charge in [-0.1, -0.05) is 20.3 Å². The fourth-order valence-corrected chi connectivity index (χ4v) is 2.98. The lowest BCUT2D eigenvalue weighted by atomic mass is 9.75. The van der Waals surface area contributed by atoms with E-state index in [0.29, 0.717) is 17.2 Å². The van der Waals surface area contributed by atoms with Gasteiger partial charge in [0.25, 0.3) is 0 Å². The largest absolute Gasteiger partial charge is 0.490 e. The highest BCUT2D eigenvalue weighted by Gasteiger charge is 2.28. The number of hydrogen-bond acceptors (Lipinski definition) is 4. The second kappa shape index (κ2) is 5.69. The second-order valence-corrected chi connectivity index (χ2v) is 6.25. The van der Waals surface area contributed by atoms with Crippen molar-refractivity contribution in [1.29, 1.82) is 0 Å². The Kier molecular flexibility index (Phi) is 4.16. The van der Waals surface area contributed by atoms with Crippen LogP contribution in [-0.2, 0) is 0 Å². The Labute approximate surface area is 119 Å². The van der Waals surface area contributed by atoms with Crippen LogP contribution < -0.4 is 10.1 Å². The van der Waals surface area contributed by atoms with E-state index >= 15 is 0 Å². The minimum absolute atomic E-state index is 0.00701. The predicted octanol–water partition coefficient (Wildman–Crippen LogP) is 3.98. The SMILES string of the molecule is COc1ccc(NC2CCCC(C)(C)C2)cc1[N+](=O)[O-]. The molecule has 0 radical (unpaired) electrons. The van der Waals surface area contributed by atoms with Crippen molar-refractivity contribution in [1.82, 2.24) is 0 Å². The summed E-state index contributed by atoms with van der Waals surface area (Å²) in [4.78, 5) is 10.6. The molecule has 0 amide bonds. The van der Waals surface area contributed by atoms with Crippen molar-refractivity contribution in [3.63, 3.8) is 0 Å². The zero-order valence-corrected chi connectivity index (χ0v) is 12.3. The van der Waals surface area contributed by atoms with E-state index in [4.69, 9.17) is 4.74 Å². The van der Waals surface area contributed by atoms with E-state index in [9.17, 15) is 10.1 Å². The fraction of sp³-hybridized carbons (Fsp3) is 0.600. The van der Waals surface area contributed by atoms with Crippen molar-refractivity contribution in [2.75, 3.05) is 12.4 Å². The Hall–Kier alpha value is -1.78. The van der Waals surface area contributed by atoms with Crippen molar-refractivity contribution in [3.05, 3.63) is 28.3 Å². The third kappa shape index (κ3) is 3.40. The molecule has 5 nitrogen and oxygen atoms in total. The Balaban J connectivity index is 2.13. The zero-order chi connectivity index (χ0) is 14.8. The number of nitrogens with one attached hydrogen (secondary N) is 1. The number of methoxy groups -OCH3 is 1. The van der Waals surface area contributed by atoms with Crippen molar-refractivity contribution >= 4 is 11.4 Å². The highest BCUT2D eigenvalue weighted by Crippen LogP contribution is 2.37. The number of hydrogen-bond donors (Lipinski definition) is 1. The van der Waals surface area contributed by atoms with Crippen LogP contribution >= 0.6 is 0 Å². The number of rotatable bonds is 4. The minimum atomic E-state index is -0.408. The highest BCUT2D eigenvalue weighted by atomic mass is 16.6. The van der Waals surface area contributed by atoms with E-state index in [-0.39, 0.29) is 5.69 Å². The van der Waals surface area contributed by atoms with E-state index in [1.165, 1.54) is 20.0 Å². The maximum absolute atomic E-state index is 11.0. The summed E-state index contributed by atoms with van der Waals surface area (Å²) >= 11 is 0. The molecule has 2 rings (SSSR count). The Morgan fingerprint density at radius 2 is 2.20 bits per heavy atom. The van der Waals surface area contributed by atoms with E-state index in [1.54, 1.807) is 12.1 Å². The molecule has 1 aromatic carbocycles. The highest BCUT2D eigenvalue weighted by molar-refractivity contribution is 5.58. The topological polar surface area (TPSA) is 64.4 Å². The second-order valence-electron chi connectivity index (χ2n) is 6.25. The number of benzene rings is 1. The molecule has 110 valence electrons. The van der Waals surface area contributed by atoms with Crippen LogP contribution in [0.1, 0.15) is 39.5 Å². The van der Waals surface area contributed by atoms with Crippen LogP contribution in [0.4, 0.5) is 11.4 Å². The first-order valence-electron chi connectivity index (χ1n) is 7.00. The quantitative estimate of drug-likeness (QED) is 0.668. The molecule has 0 spiro atoms. The van der Waals surface area contributed by atoms with Gasteiger partial charge >= 0.3 is 5.69 Å². The number of nitrogens with zero attached hydrogens (tertiary/aromatic N) is 1. The van der Waals surface area contributed by atoms with Gasteiger partial charge in [-0.05, 0) is 36.8 Å². The summed E-state index contributed by atoms with van der Waals surface area (Å²) in [6, 6.07) is 5.43. The lowest BCUT2D eigenvalue weighted by molar-refractivity contribution is -0.385. The van der Waals surface area contributed by atoms with Gasteiger partial charge in [-0.3, -0.25) is 10.1 Å². The van der Waals surface area contributed by atoms with Gasteiger partial charge in [0.2, 0.25) is 0 Å². The molecule has 1 fully saturated rings. The molecule has 0 aromatic heterocycles. The van der Waals surface area contributed by atoms with Gasteiger partial charge in [-0.15, -0.1) is 0 Å². The van der Waals surface area contributed by atoms with Crippen LogP contribution in [0.25, 0.3) is 0 Å². The van der Waals surface area contributed by atoms with Crippen molar-refractivity contribution < 1.29 is 9.66 Å². The fourth-order valence-electron chi connectivity index (χ4n) is 2.98. The number of nitro groups is 1. The van der Waals surface area contributed by atoms with Crippen molar-refractivity contribution in [2.45, 2.75) is 45.6 Å². The van der Waals surface area contributed by atoms with Crippen molar-refractivity contribution in [2.24, 2.45) is 5.41 Å². The third-order valence-corrected chi connectivity index (χ3v) is 3.95. The molecular formula is C15H22N2O3. The monoisotopic (exact) mass is 278 g/mol. The number of anilines is 1. The molecule has 20 heavy (non-hydrogen) atoms.